The van der Waals surface area contributed by atoms with Gasteiger partial charge in [0.2, 0.25) is 0 Å². The molecule has 1 heterocycles. The van der Waals surface area contributed by atoms with Crippen LogP contribution in [-0.2, 0) is 11.3 Å². The fourth-order valence-corrected chi connectivity index (χ4v) is 2.90. The number of rotatable bonds is 6. The van der Waals surface area contributed by atoms with Gasteiger partial charge in [0.25, 0.3) is 0 Å². The van der Waals surface area contributed by atoms with Crippen LogP contribution in [0.5, 0.6) is 5.75 Å². The Balaban J connectivity index is 1.89. The van der Waals surface area contributed by atoms with Crippen LogP contribution in [0.1, 0.15) is 12.0 Å². The third-order valence-corrected chi connectivity index (χ3v) is 3.98. The molecule has 0 aliphatic carbocycles. The van der Waals surface area contributed by atoms with E-state index in [1.54, 1.807) is 7.11 Å². The highest BCUT2D eigenvalue weighted by molar-refractivity contribution is 5.28. The molecule has 1 fully saturated rings. The van der Waals surface area contributed by atoms with Gasteiger partial charge in [-0.2, -0.15) is 0 Å². The summed E-state index contributed by atoms with van der Waals surface area (Å²) in [6.07, 6.45) is 1.11. The Morgan fingerprint density at radius 3 is 3.05 bits per heavy atom. The van der Waals surface area contributed by atoms with Crippen molar-refractivity contribution in [3.8, 4) is 5.75 Å². The van der Waals surface area contributed by atoms with Gasteiger partial charge < -0.3 is 19.7 Å². The highest BCUT2D eigenvalue weighted by atomic mass is 16.5. The van der Waals surface area contributed by atoms with E-state index in [0.29, 0.717) is 12.0 Å². The molecular weight excluding hydrogens is 252 g/mol. The summed E-state index contributed by atoms with van der Waals surface area (Å²) in [4.78, 5) is 2.36. The van der Waals surface area contributed by atoms with Crippen molar-refractivity contribution in [1.82, 2.24) is 10.2 Å². The number of hydrogen-bond donors (Lipinski definition) is 1. The van der Waals surface area contributed by atoms with Crippen LogP contribution in [0, 0.1) is 5.92 Å². The first-order valence-electron chi connectivity index (χ1n) is 7.29. The van der Waals surface area contributed by atoms with E-state index >= 15 is 0 Å². The fraction of sp³-hybridized carbons (Fsp3) is 0.625. The van der Waals surface area contributed by atoms with Crippen LogP contribution in [0.4, 0.5) is 0 Å². The minimum absolute atomic E-state index is 0.560. The van der Waals surface area contributed by atoms with Crippen molar-refractivity contribution in [2.75, 3.05) is 41.0 Å². The van der Waals surface area contributed by atoms with E-state index < -0.39 is 0 Å². The Labute approximate surface area is 122 Å². The van der Waals surface area contributed by atoms with Crippen molar-refractivity contribution in [3.05, 3.63) is 29.8 Å². The number of nitrogens with zero attached hydrogens (tertiary/aromatic N) is 1. The minimum atomic E-state index is 0.560. The van der Waals surface area contributed by atoms with E-state index in [0.717, 1.165) is 38.5 Å². The molecule has 0 radical (unpaired) electrons. The summed E-state index contributed by atoms with van der Waals surface area (Å²) < 4.78 is 10.9. The van der Waals surface area contributed by atoms with Gasteiger partial charge in [-0.3, -0.25) is 0 Å². The Hall–Kier alpha value is -1.10. The summed E-state index contributed by atoms with van der Waals surface area (Å²) in [6, 6.07) is 8.84. The van der Waals surface area contributed by atoms with Crippen LogP contribution >= 0.6 is 0 Å². The molecule has 112 valence electrons. The summed E-state index contributed by atoms with van der Waals surface area (Å²) in [7, 11) is 5.92. The monoisotopic (exact) mass is 278 g/mol. The van der Waals surface area contributed by atoms with Crippen LogP contribution in [0.25, 0.3) is 0 Å². The molecular formula is C16H26N2O2. The van der Waals surface area contributed by atoms with E-state index in [9.17, 15) is 0 Å². The summed E-state index contributed by atoms with van der Waals surface area (Å²) in [6.45, 7) is 3.71. The van der Waals surface area contributed by atoms with Crippen molar-refractivity contribution in [2.45, 2.75) is 19.0 Å². The van der Waals surface area contributed by atoms with E-state index in [1.165, 1.54) is 5.56 Å². The molecule has 20 heavy (non-hydrogen) atoms. The molecule has 1 saturated heterocycles. The first kappa shape index (κ1) is 15.3. The third kappa shape index (κ3) is 4.20. The number of benzene rings is 1. The molecule has 0 aromatic heterocycles. The van der Waals surface area contributed by atoms with Crippen LogP contribution in [0.2, 0.25) is 0 Å². The lowest BCUT2D eigenvalue weighted by Gasteiger charge is -2.34. The van der Waals surface area contributed by atoms with E-state index in [4.69, 9.17) is 9.47 Å². The molecule has 0 amide bonds. The van der Waals surface area contributed by atoms with Gasteiger partial charge in [-0.1, -0.05) is 12.1 Å². The van der Waals surface area contributed by atoms with E-state index in [2.05, 4.69) is 29.4 Å². The molecule has 0 spiro atoms. The predicted molar refractivity (Wildman–Crippen MR) is 81.1 cm³/mol. The molecule has 4 nitrogen and oxygen atoms in total. The number of methoxy groups -OCH3 is 1. The van der Waals surface area contributed by atoms with E-state index in [-0.39, 0.29) is 0 Å². The van der Waals surface area contributed by atoms with Gasteiger partial charge in [0.1, 0.15) is 5.75 Å². The Bertz CT molecular complexity index is 411. The zero-order valence-electron chi connectivity index (χ0n) is 12.8. The lowest BCUT2D eigenvalue weighted by atomic mass is 9.95. The Kier molecular flexibility index (Phi) is 5.83. The molecule has 1 aromatic rings. The Morgan fingerprint density at radius 1 is 1.45 bits per heavy atom. The molecule has 2 unspecified atom stereocenters. The van der Waals surface area contributed by atoms with E-state index in [1.807, 2.05) is 19.2 Å². The van der Waals surface area contributed by atoms with Crippen molar-refractivity contribution >= 4 is 0 Å². The lowest BCUT2D eigenvalue weighted by molar-refractivity contribution is 0.0208. The largest absolute Gasteiger partial charge is 0.497 e. The highest BCUT2D eigenvalue weighted by Gasteiger charge is 2.25. The van der Waals surface area contributed by atoms with Crippen molar-refractivity contribution < 1.29 is 9.47 Å². The summed E-state index contributed by atoms with van der Waals surface area (Å²) in [5, 5.41) is 3.41. The second-order valence-corrected chi connectivity index (χ2v) is 5.57. The molecule has 1 N–H and O–H groups in total. The van der Waals surface area contributed by atoms with Gasteiger partial charge in [-0.15, -0.1) is 0 Å². The standard InChI is InChI=1S/C16H26N2O2/c1-17-16-7-8-20-12-14(16)11-18(2)10-13-5-4-6-15(9-13)19-3/h4-6,9,14,16-17H,7-8,10-12H2,1-3H3. The minimum Gasteiger partial charge on any atom is -0.497 e. The lowest BCUT2D eigenvalue weighted by Crippen LogP contribution is -2.45. The Morgan fingerprint density at radius 2 is 2.30 bits per heavy atom. The number of ether oxygens (including phenoxy) is 2. The maximum Gasteiger partial charge on any atom is 0.119 e. The van der Waals surface area contributed by atoms with Crippen molar-refractivity contribution in [3.63, 3.8) is 0 Å². The van der Waals surface area contributed by atoms with Crippen LogP contribution in [-0.4, -0.2) is 51.9 Å². The van der Waals surface area contributed by atoms with Gasteiger partial charge in [-0.25, -0.2) is 0 Å². The summed E-state index contributed by atoms with van der Waals surface area (Å²) in [5.41, 5.74) is 1.28. The molecule has 0 saturated carbocycles. The average molecular weight is 278 g/mol. The number of hydrogen-bond acceptors (Lipinski definition) is 4. The second-order valence-electron chi connectivity index (χ2n) is 5.57. The SMILES string of the molecule is CNC1CCOCC1CN(C)Cc1cccc(OC)c1. The predicted octanol–water partition coefficient (Wildman–Crippen LogP) is 1.75. The number of nitrogens with one attached hydrogen (secondary N) is 1. The molecule has 0 bridgehead atoms. The molecule has 1 aliphatic rings. The van der Waals surface area contributed by atoms with Crippen LogP contribution < -0.4 is 10.1 Å². The fourth-order valence-electron chi connectivity index (χ4n) is 2.90. The van der Waals surface area contributed by atoms with Gasteiger partial charge in [0.05, 0.1) is 13.7 Å². The zero-order chi connectivity index (χ0) is 14.4. The molecule has 2 atom stereocenters. The smallest absolute Gasteiger partial charge is 0.119 e. The van der Waals surface area contributed by atoms with Crippen molar-refractivity contribution in [1.29, 1.82) is 0 Å². The van der Waals surface area contributed by atoms with Crippen molar-refractivity contribution in [2.24, 2.45) is 5.92 Å². The summed E-state index contributed by atoms with van der Waals surface area (Å²) >= 11 is 0. The molecule has 2 rings (SSSR count). The molecule has 1 aromatic carbocycles. The highest BCUT2D eigenvalue weighted by Crippen LogP contribution is 2.18. The molecule has 4 heteroatoms. The summed E-state index contributed by atoms with van der Waals surface area (Å²) in [5.74, 6) is 1.48. The van der Waals surface area contributed by atoms with Crippen LogP contribution in [0.15, 0.2) is 24.3 Å². The zero-order valence-corrected chi connectivity index (χ0v) is 12.8. The van der Waals surface area contributed by atoms with Gasteiger partial charge in [-0.05, 0) is 38.2 Å². The maximum absolute atomic E-state index is 5.62. The average Bonchev–Trinajstić information content (AvgIpc) is 2.48. The third-order valence-electron chi connectivity index (χ3n) is 3.98. The maximum atomic E-state index is 5.62. The normalized spacial score (nSPS) is 23.0. The quantitative estimate of drug-likeness (QED) is 0.859. The van der Waals surface area contributed by atoms with Gasteiger partial charge in [0, 0.05) is 31.7 Å². The van der Waals surface area contributed by atoms with Gasteiger partial charge in [0.15, 0.2) is 0 Å². The topological polar surface area (TPSA) is 33.7 Å². The first-order chi connectivity index (χ1) is 9.72. The second kappa shape index (κ2) is 7.62. The first-order valence-corrected chi connectivity index (χ1v) is 7.29. The van der Waals surface area contributed by atoms with Gasteiger partial charge >= 0.3 is 0 Å². The molecule has 1 aliphatic heterocycles. The van der Waals surface area contributed by atoms with Crippen LogP contribution in [0.3, 0.4) is 0 Å².